The Hall–Kier alpha value is -2.18. The van der Waals surface area contributed by atoms with Crippen molar-refractivity contribution in [3.63, 3.8) is 0 Å². The molecule has 2 aromatic rings. The van der Waals surface area contributed by atoms with E-state index in [0.717, 1.165) is 0 Å². The van der Waals surface area contributed by atoms with Crippen molar-refractivity contribution in [3.05, 3.63) is 26.4 Å². The Kier molecular flexibility index (Phi) is 2.00. The summed E-state index contributed by atoms with van der Waals surface area (Å²) in [7, 11) is 1.61. The molecule has 0 atom stereocenters. The average Bonchev–Trinajstić information content (AvgIpc) is 2.21. The molecule has 3 N–H and O–H groups in total. The number of anilines is 1. The molecule has 2 heterocycles. The van der Waals surface area contributed by atoms with Gasteiger partial charge in [0.1, 0.15) is 5.69 Å². The Morgan fingerprint density at radius 2 is 1.87 bits per heavy atom. The molecule has 0 fully saturated rings. The van der Waals surface area contributed by atoms with Crippen LogP contribution in [-0.4, -0.2) is 27.0 Å². The number of H-pyrrole nitrogens is 2. The standard InChI is InChI=1S/C8H9N5O2/c1-3-6(14)11-5-4(10-3)7(15)13-8(9-2)12-5/h1-2H3,(H3,9,11,12,13,14,15). The van der Waals surface area contributed by atoms with E-state index in [0.29, 0.717) is 0 Å². The number of hydrogen-bond acceptors (Lipinski definition) is 5. The molecule has 2 aromatic heterocycles. The van der Waals surface area contributed by atoms with Gasteiger partial charge in [-0.25, -0.2) is 4.98 Å². The summed E-state index contributed by atoms with van der Waals surface area (Å²) in [4.78, 5) is 35.6. The second-order valence-electron chi connectivity index (χ2n) is 3.01. The molecule has 0 spiro atoms. The van der Waals surface area contributed by atoms with Crippen LogP contribution in [0.1, 0.15) is 5.69 Å². The minimum absolute atomic E-state index is 0.131. The first-order chi connectivity index (χ1) is 7.11. The lowest BCUT2D eigenvalue weighted by Crippen LogP contribution is -2.19. The van der Waals surface area contributed by atoms with E-state index in [1.54, 1.807) is 7.05 Å². The zero-order valence-electron chi connectivity index (χ0n) is 8.21. The van der Waals surface area contributed by atoms with E-state index in [9.17, 15) is 9.59 Å². The largest absolute Gasteiger partial charge is 0.359 e. The number of nitrogens with one attached hydrogen (secondary N) is 3. The van der Waals surface area contributed by atoms with Gasteiger partial charge in [0.15, 0.2) is 11.2 Å². The van der Waals surface area contributed by atoms with E-state index in [4.69, 9.17) is 0 Å². The van der Waals surface area contributed by atoms with Crippen molar-refractivity contribution in [1.29, 1.82) is 0 Å². The van der Waals surface area contributed by atoms with Crippen LogP contribution in [-0.2, 0) is 0 Å². The molecule has 2 rings (SSSR count). The molecule has 0 saturated carbocycles. The van der Waals surface area contributed by atoms with Gasteiger partial charge in [-0.1, -0.05) is 0 Å². The third-order valence-corrected chi connectivity index (χ3v) is 1.97. The topological polar surface area (TPSA) is 104 Å². The molecule has 0 aliphatic heterocycles. The van der Waals surface area contributed by atoms with Crippen LogP contribution in [0.15, 0.2) is 9.59 Å². The third-order valence-electron chi connectivity index (χ3n) is 1.97. The fourth-order valence-electron chi connectivity index (χ4n) is 1.19. The van der Waals surface area contributed by atoms with Crippen molar-refractivity contribution in [1.82, 2.24) is 19.9 Å². The van der Waals surface area contributed by atoms with Crippen molar-refractivity contribution < 1.29 is 0 Å². The van der Waals surface area contributed by atoms with Gasteiger partial charge in [0, 0.05) is 7.05 Å². The molecule has 0 aliphatic carbocycles. The van der Waals surface area contributed by atoms with Crippen molar-refractivity contribution in [3.8, 4) is 0 Å². The van der Waals surface area contributed by atoms with Crippen LogP contribution in [0, 0.1) is 6.92 Å². The van der Waals surface area contributed by atoms with E-state index in [1.807, 2.05) is 0 Å². The Morgan fingerprint density at radius 3 is 2.53 bits per heavy atom. The number of rotatable bonds is 1. The maximum absolute atomic E-state index is 11.5. The first-order valence-electron chi connectivity index (χ1n) is 4.30. The number of hydrogen-bond donors (Lipinski definition) is 3. The fraction of sp³-hybridized carbons (Fsp3) is 0.250. The molecule has 7 heteroatoms. The molecule has 0 bridgehead atoms. The second-order valence-corrected chi connectivity index (χ2v) is 3.01. The molecule has 7 nitrogen and oxygen atoms in total. The number of nitrogens with zero attached hydrogens (tertiary/aromatic N) is 2. The summed E-state index contributed by atoms with van der Waals surface area (Å²) in [6, 6.07) is 0. The Bertz CT molecular complexity index is 627. The monoisotopic (exact) mass is 207 g/mol. The molecule has 0 aliphatic rings. The first-order valence-corrected chi connectivity index (χ1v) is 4.30. The first kappa shape index (κ1) is 9.38. The average molecular weight is 207 g/mol. The van der Waals surface area contributed by atoms with Gasteiger partial charge in [-0.3, -0.25) is 14.6 Å². The Morgan fingerprint density at radius 1 is 1.13 bits per heavy atom. The highest BCUT2D eigenvalue weighted by Crippen LogP contribution is 2.00. The zero-order valence-corrected chi connectivity index (χ0v) is 8.21. The van der Waals surface area contributed by atoms with Gasteiger partial charge in [-0.2, -0.15) is 4.98 Å². The van der Waals surface area contributed by atoms with Gasteiger partial charge in [0.05, 0.1) is 0 Å². The summed E-state index contributed by atoms with van der Waals surface area (Å²) in [6.07, 6.45) is 0. The lowest BCUT2D eigenvalue weighted by Gasteiger charge is -2.00. The van der Waals surface area contributed by atoms with Crippen LogP contribution in [0.3, 0.4) is 0 Å². The molecular formula is C8H9N5O2. The summed E-state index contributed by atoms with van der Waals surface area (Å²) in [6.45, 7) is 1.53. The maximum atomic E-state index is 11.5. The number of aryl methyl sites for hydroxylation is 1. The van der Waals surface area contributed by atoms with Gasteiger partial charge in [-0.15, -0.1) is 0 Å². The van der Waals surface area contributed by atoms with Gasteiger partial charge in [0.2, 0.25) is 5.95 Å². The number of aromatic nitrogens is 4. The van der Waals surface area contributed by atoms with Crippen LogP contribution in [0.4, 0.5) is 5.95 Å². The summed E-state index contributed by atoms with van der Waals surface area (Å²) in [5.74, 6) is 0.286. The SMILES string of the molecule is CNc1nc2[nH]c(=O)c(C)nc2c(=O)[nH]1. The normalized spacial score (nSPS) is 10.5. The molecule has 0 saturated heterocycles. The van der Waals surface area contributed by atoms with Crippen LogP contribution in [0.5, 0.6) is 0 Å². The molecule has 0 aromatic carbocycles. The van der Waals surface area contributed by atoms with Crippen molar-refractivity contribution >= 4 is 17.1 Å². The van der Waals surface area contributed by atoms with Gasteiger partial charge in [0.25, 0.3) is 11.1 Å². The molecule has 15 heavy (non-hydrogen) atoms. The number of aromatic amines is 2. The van der Waals surface area contributed by atoms with Crippen molar-refractivity contribution in [2.75, 3.05) is 12.4 Å². The zero-order chi connectivity index (χ0) is 11.0. The molecular weight excluding hydrogens is 198 g/mol. The van der Waals surface area contributed by atoms with Crippen LogP contribution < -0.4 is 16.4 Å². The lowest BCUT2D eigenvalue weighted by molar-refractivity contribution is 1.05. The van der Waals surface area contributed by atoms with Crippen LogP contribution in [0.2, 0.25) is 0 Å². The highest BCUT2D eigenvalue weighted by Gasteiger charge is 2.06. The van der Waals surface area contributed by atoms with E-state index in [2.05, 4.69) is 25.3 Å². The summed E-state index contributed by atoms with van der Waals surface area (Å²) in [5.41, 5.74) is -0.178. The van der Waals surface area contributed by atoms with E-state index in [-0.39, 0.29) is 33.9 Å². The Balaban J connectivity index is 2.92. The van der Waals surface area contributed by atoms with Crippen molar-refractivity contribution in [2.24, 2.45) is 0 Å². The Labute approximate surface area is 83.6 Å². The number of fused-ring (bicyclic) bond motifs is 1. The minimum Gasteiger partial charge on any atom is -0.359 e. The van der Waals surface area contributed by atoms with Crippen LogP contribution >= 0.6 is 0 Å². The van der Waals surface area contributed by atoms with Crippen LogP contribution in [0.25, 0.3) is 11.2 Å². The molecule has 0 radical (unpaired) electrons. The summed E-state index contributed by atoms with van der Waals surface area (Å²) >= 11 is 0. The van der Waals surface area contributed by atoms with Gasteiger partial charge >= 0.3 is 0 Å². The fourth-order valence-corrected chi connectivity index (χ4v) is 1.19. The molecule has 0 unspecified atom stereocenters. The summed E-state index contributed by atoms with van der Waals surface area (Å²) in [5, 5.41) is 2.68. The predicted octanol–water partition coefficient (Wildman–Crippen LogP) is -0.643. The molecule has 78 valence electrons. The van der Waals surface area contributed by atoms with Crippen molar-refractivity contribution in [2.45, 2.75) is 6.92 Å². The predicted molar refractivity (Wildman–Crippen MR) is 55.1 cm³/mol. The highest BCUT2D eigenvalue weighted by atomic mass is 16.1. The minimum atomic E-state index is -0.385. The third kappa shape index (κ3) is 1.47. The van der Waals surface area contributed by atoms with E-state index < -0.39 is 0 Å². The lowest BCUT2D eigenvalue weighted by atomic mass is 10.4. The molecule has 0 amide bonds. The second kappa shape index (κ2) is 3.19. The quantitative estimate of drug-likeness (QED) is 0.576. The highest BCUT2D eigenvalue weighted by molar-refractivity contribution is 5.69. The van der Waals surface area contributed by atoms with Gasteiger partial charge < -0.3 is 10.3 Å². The van der Waals surface area contributed by atoms with E-state index >= 15 is 0 Å². The smallest absolute Gasteiger partial charge is 0.280 e. The van der Waals surface area contributed by atoms with E-state index in [1.165, 1.54) is 6.92 Å². The maximum Gasteiger partial charge on any atom is 0.280 e. The summed E-state index contributed by atoms with van der Waals surface area (Å²) < 4.78 is 0. The van der Waals surface area contributed by atoms with Gasteiger partial charge in [-0.05, 0) is 6.92 Å².